The first kappa shape index (κ1) is 6.65. The van der Waals surface area contributed by atoms with Crippen LogP contribution in [0.4, 0.5) is 0 Å². The van der Waals surface area contributed by atoms with E-state index in [9.17, 15) is 0 Å². The molecule has 1 aromatic rings. The molecule has 0 radical (unpaired) electrons. The molecule has 0 fully saturated rings. The minimum atomic E-state index is 0.512. The molecule has 0 spiro atoms. The molecule has 0 saturated carbocycles. The van der Waals surface area contributed by atoms with Gasteiger partial charge in [0.15, 0.2) is 0 Å². The van der Waals surface area contributed by atoms with Crippen LogP contribution in [0.3, 0.4) is 0 Å². The second kappa shape index (κ2) is 2.22. The van der Waals surface area contributed by atoms with Gasteiger partial charge in [0.2, 0.25) is 0 Å². The third kappa shape index (κ3) is 0.985. The predicted octanol–water partition coefficient (Wildman–Crippen LogP) is 1.89. The smallest absolute Gasteiger partial charge is 0.126 e. The van der Waals surface area contributed by atoms with Gasteiger partial charge in [-0.1, -0.05) is 6.92 Å². The lowest BCUT2D eigenvalue weighted by molar-refractivity contribution is 0.337. The van der Waals surface area contributed by atoms with Crippen molar-refractivity contribution >= 4 is 0 Å². The van der Waals surface area contributed by atoms with E-state index in [0.29, 0.717) is 5.92 Å². The molecule has 2 heterocycles. The van der Waals surface area contributed by atoms with Crippen molar-refractivity contribution in [2.75, 3.05) is 6.61 Å². The lowest BCUT2D eigenvalue weighted by Gasteiger charge is -1.99. The van der Waals surface area contributed by atoms with Crippen molar-refractivity contribution < 1.29 is 4.74 Å². The lowest BCUT2D eigenvalue weighted by atomic mass is 10.1. The third-order valence-corrected chi connectivity index (χ3v) is 2.05. The molecule has 1 aliphatic heterocycles. The summed E-state index contributed by atoms with van der Waals surface area (Å²) in [7, 11) is 0. The Labute approximate surface area is 66.2 Å². The summed E-state index contributed by atoms with van der Waals surface area (Å²) >= 11 is 0. The molecule has 2 heteroatoms. The van der Waals surface area contributed by atoms with Gasteiger partial charge >= 0.3 is 0 Å². The number of fused-ring (bicyclic) bond motifs is 1. The van der Waals surface area contributed by atoms with Gasteiger partial charge in [-0.05, 0) is 6.92 Å². The molecule has 0 aromatic carbocycles. The van der Waals surface area contributed by atoms with Crippen molar-refractivity contribution in [3.05, 3.63) is 23.5 Å². The number of aromatic nitrogens is 1. The standard InChI is InChI=1S/C9H11NO/c1-6-5-11-9-3-7(2)10-4-8(6)9/h3-4,6H,5H2,1-2H3. The Balaban J connectivity index is 2.50. The van der Waals surface area contributed by atoms with Gasteiger partial charge in [0.25, 0.3) is 0 Å². The lowest BCUT2D eigenvalue weighted by Crippen LogP contribution is -1.93. The molecule has 1 atom stereocenters. The zero-order valence-corrected chi connectivity index (χ0v) is 6.79. The number of hydrogen-bond donors (Lipinski definition) is 0. The third-order valence-electron chi connectivity index (χ3n) is 2.05. The van der Waals surface area contributed by atoms with Gasteiger partial charge in [-0.15, -0.1) is 0 Å². The summed E-state index contributed by atoms with van der Waals surface area (Å²) in [5.41, 5.74) is 2.27. The molecule has 2 nitrogen and oxygen atoms in total. The maximum absolute atomic E-state index is 5.45. The molecule has 2 rings (SSSR count). The van der Waals surface area contributed by atoms with Crippen molar-refractivity contribution in [2.24, 2.45) is 0 Å². The predicted molar refractivity (Wildman–Crippen MR) is 42.9 cm³/mol. The van der Waals surface area contributed by atoms with Gasteiger partial charge in [-0.2, -0.15) is 0 Å². The average molecular weight is 149 g/mol. The fourth-order valence-electron chi connectivity index (χ4n) is 1.34. The maximum atomic E-state index is 5.45. The van der Waals surface area contributed by atoms with Crippen molar-refractivity contribution in [3.63, 3.8) is 0 Å². The monoisotopic (exact) mass is 149 g/mol. The highest BCUT2D eigenvalue weighted by molar-refractivity contribution is 5.38. The van der Waals surface area contributed by atoms with Crippen LogP contribution in [0.25, 0.3) is 0 Å². The summed E-state index contributed by atoms with van der Waals surface area (Å²) in [5.74, 6) is 1.53. The van der Waals surface area contributed by atoms with Crippen LogP contribution < -0.4 is 4.74 Å². The molecule has 1 aliphatic rings. The Morgan fingerprint density at radius 1 is 1.64 bits per heavy atom. The van der Waals surface area contributed by atoms with E-state index < -0.39 is 0 Å². The number of nitrogens with zero attached hydrogens (tertiary/aromatic N) is 1. The van der Waals surface area contributed by atoms with E-state index >= 15 is 0 Å². The molecular formula is C9H11NO. The Morgan fingerprint density at radius 2 is 2.45 bits per heavy atom. The van der Waals surface area contributed by atoms with Crippen LogP contribution in [-0.4, -0.2) is 11.6 Å². The van der Waals surface area contributed by atoms with Gasteiger partial charge in [0, 0.05) is 29.4 Å². The zero-order valence-electron chi connectivity index (χ0n) is 6.79. The van der Waals surface area contributed by atoms with Crippen LogP contribution in [0.2, 0.25) is 0 Å². The topological polar surface area (TPSA) is 22.1 Å². The van der Waals surface area contributed by atoms with Gasteiger partial charge in [-0.3, -0.25) is 4.98 Å². The van der Waals surface area contributed by atoms with E-state index in [1.807, 2.05) is 19.2 Å². The van der Waals surface area contributed by atoms with Crippen molar-refractivity contribution in [3.8, 4) is 5.75 Å². The average Bonchev–Trinajstić information content (AvgIpc) is 2.32. The minimum absolute atomic E-state index is 0.512. The normalized spacial score (nSPS) is 21.1. The number of rotatable bonds is 0. The molecular weight excluding hydrogens is 138 g/mol. The van der Waals surface area contributed by atoms with Gasteiger partial charge in [-0.25, -0.2) is 0 Å². The van der Waals surface area contributed by atoms with E-state index in [1.165, 1.54) is 5.56 Å². The first-order valence-corrected chi connectivity index (χ1v) is 3.86. The van der Waals surface area contributed by atoms with E-state index in [4.69, 9.17) is 4.74 Å². The van der Waals surface area contributed by atoms with Crippen LogP contribution in [-0.2, 0) is 0 Å². The largest absolute Gasteiger partial charge is 0.493 e. The van der Waals surface area contributed by atoms with Crippen LogP contribution in [0.5, 0.6) is 5.75 Å². The maximum Gasteiger partial charge on any atom is 0.126 e. The molecule has 0 saturated heterocycles. The fourth-order valence-corrected chi connectivity index (χ4v) is 1.34. The Hall–Kier alpha value is -1.05. The molecule has 1 unspecified atom stereocenters. The highest BCUT2D eigenvalue weighted by Gasteiger charge is 2.19. The van der Waals surface area contributed by atoms with E-state index in [0.717, 1.165) is 18.1 Å². The van der Waals surface area contributed by atoms with Crippen LogP contribution in [0.1, 0.15) is 24.1 Å². The van der Waals surface area contributed by atoms with Gasteiger partial charge in [0.1, 0.15) is 5.75 Å². The van der Waals surface area contributed by atoms with Crippen LogP contribution in [0.15, 0.2) is 12.3 Å². The second-order valence-electron chi connectivity index (χ2n) is 3.08. The second-order valence-corrected chi connectivity index (χ2v) is 3.08. The molecule has 0 N–H and O–H groups in total. The van der Waals surface area contributed by atoms with E-state index in [1.54, 1.807) is 0 Å². The quantitative estimate of drug-likeness (QED) is 0.562. The van der Waals surface area contributed by atoms with E-state index in [2.05, 4.69) is 11.9 Å². The number of hydrogen-bond acceptors (Lipinski definition) is 2. The minimum Gasteiger partial charge on any atom is -0.493 e. The number of ether oxygens (including phenoxy) is 1. The molecule has 58 valence electrons. The summed E-state index contributed by atoms with van der Waals surface area (Å²) in [6, 6.07) is 2.00. The summed E-state index contributed by atoms with van der Waals surface area (Å²) in [5, 5.41) is 0. The number of aryl methyl sites for hydroxylation is 1. The van der Waals surface area contributed by atoms with Crippen molar-refractivity contribution in [1.82, 2.24) is 4.98 Å². The summed E-state index contributed by atoms with van der Waals surface area (Å²) in [4.78, 5) is 4.22. The zero-order chi connectivity index (χ0) is 7.84. The Morgan fingerprint density at radius 3 is 3.27 bits per heavy atom. The van der Waals surface area contributed by atoms with Gasteiger partial charge in [0.05, 0.1) is 6.61 Å². The summed E-state index contributed by atoms with van der Waals surface area (Å²) in [6.07, 6.45) is 1.92. The molecule has 0 aliphatic carbocycles. The Bertz CT molecular complexity index is 283. The van der Waals surface area contributed by atoms with Gasteiger partial charge < -0.3 is 4.74 Å². The molecule has 0 amide bonds. The first-order chi connectivity index (χ1) is 5.27. The summed E-state index contributed by atoms with van der Waals surface area (Å²) < 4.78 is 5.45. The molecule has 11 heavy (non-hydrogen) atoms. The number of pyridine rings is 1. The molecule has 1 aromatic heterocycles. The highest BCUT2D eigenvalue weighted by atomic mass is 16.5. The van der Waals surface area contributed by atoms with Crippen LogP contribution >= 0.6 is 0 Å². The van der Waals surface area contributed by atoms with Crippen LogP contribution in [0, 0.1) is 6.92 Å². The van der Waals surface area contributed by atoms with Crippen molar-refractivity contribution in [2.45, 2.75) is 19.8 Å². The fraction of sp³-hybridized carbons (Fsp3) is 0.444. The highest BCUT2D eigenvalue weighted by Crippen LogP contribution is 2.32. The SMILES string of the molecule is Cc1cc2c(cn1)C(C)CO2. The van der Waals surface area contributed by atoms with E-state index in [-0.39, 0.29) is 0 Å². The molecule has 0 bridgehead atoms. The Kier molecular flexibility index (Phi) is 1.34. The first-order valence-electron chi connectivity index (χ1n) is 3.86. The van der Waals surface area contributed by atoms with Crippen molar-refractivity contribution in [1.29, 1.82) is 0 Å². The summed E-state index contributed by atoms with van der Waals surface area (Å²) in [6.45, 7) is 4.94.